The van der Waals surface area contributed by atoms with E-state index in [4.69, 9.17) is 62.8 Å². The molecule has 1 aliphatic heterocycles. The molecule has 3 aromatic heterocycles. The van der Waals surface area contributed by atoms with Crippen molar-refractivity contribution in [2.75, 3.05) is 10.2 Å². The Morgan fingerprint density at radius 2 is 1.58 bits per heavy atom. The fraction of sp³-hybridized carbons (Fsp3) is 0.227. The predicted molar refractivity (Wildman–Crippen MR) is 153 cm³/mol. The first-order valence-corrected chi connectivity index (χ1v) is 11.3. The molecule has 5 rings (SSSR count). The molecule has 4 aromatic rings. The molecule has 8 nitrogen and oxygen atoms in total. The van der Waals surface area contributed by atoms with Crippen molar-refractivity contribution < 1.29 is 4.79 Å². The van der Waals surface area contributed by atoms with Crippen LogP contribution in [0.5, 0.6) is 0 Å². The van der Waals surface area contributed by atoms with Gasteiger partial charge >= 0.3 is 0 Å². The van der Waals surface area contributed by atoms with Crippen molar-refractivity contribution in [2.24, 2.45) is 7.05 Å². The molecule has 1 amide bonds. The minimum atomic E-state index is -2.16. The van der Waals surface area contributed by atoms with Gasteiger partial charge in [-0.1, -0.05) is 12.1 Å². The molecular weight excluding hydrogens is 465 g/mol. The third-order valence-corrected chi connectivity index (χ3v) is 6.91. The van der Waals surface area contributed by atoms with Crippen LogP contribution in [0.25, 0.3) is 22.2 Å². The highest BCUT2D eigenvalue weighted by molar-refractivity contribution is 6.69. The fourth-order valence-electron chi connectivity index (χ4n) is 4.45. The van der Waals surface area contributed by atoms with Gasteiger partial charge < -0.3 is 9.47 Å². The van der Waals surface area contributed by atoms with E-state index in [0.29, 0.717) is 5.52 Å². The van der Waals surface area contributed by atoms with Gasteiger partial charge in [-0.2, -0.15) is 0 Å². The number of hydrogen-bond donors (Lipinski definition) is 1. The van der Waals surface area contributed by atoms with Gasteiger partial charge in [-0.05, 0) is 28.9 Å². The molecule has 0 saturated carbocycles. The highest BCUT2D eigenvalue weighted by Gasteiger charge is 2.63. The summed E-state index contributed by atoms with van der Waals surface area (Å²) in [6.45, 7) is 0. The number of nitrogens with zero attached hydrogens (tertiary/aromatic N) is 6. The van der Waals surface area contributed by atoms with Gasteiger partial charge in [0.1, 0.15) is 5.82 Å². The second-order valence-corrected chi connectivity index (χ2v) is 9.44. The summed E-state index contributed by atoms with van der Waals surface area (Å²) in [7, 11) is 51.1. The molecule has 16 heteroatoms. The lowest BCUT2D eigenvalue weighted by atomic mass is 9.17. The molecule has 4 heterocycles. The fourth-order valence-corrected chi connectivity index (χ4v) is 4.45. The Morgan fingerprint density at radius 1 is 0.895 bits per heavy atom. The van der Waals surface area contributed by atoms with E-state index in [0.717, 1.165) is 21.5 Å². The molecule has 1 N–H and O–H groups in total. The second kappa shape index (κ2) is 8.61. The number of aromatic nitrogens is 5. The Bertz CT molecular complexity index is 1550. The Labute approximate surface area is 230 Å². The number of carbonyl (C=O) groups is 1. The number of aryl methyl sites for hydroxylation is 1. The number of hydrogen-bond acceptors (Lipinski definition) is 6. The maximum absolute atomic E-state index is 13.1. The second-order valence-electron chi connectivity index (χ2n) is 9.44. The molecule has 166 valence electrons. The summed E-state index contributed by atoms with van der Waals surface area (Å²) in [6, 6.07) is 8.48. The smallest absolute Gasteiger partial charge is 0.258 e. The van der Waals surface area contributed by atoms with E-state index in [2.05, 4.69) is 25.3 Å². The Hall–Kier alpha value is -3.29. The zero-order valence-electron chi connectivity index (χ0n) is 20.4. The van der Waals surface area contributed by atoms with Gasteiger partial charge in [0.15, 0.2) is 0 Å². The summed E-state index contributed by atoms with van der Waals surface area (Å²) in [5.41, 5.74) is 2.56. The number of pyridine rings is 1. The Morgan fingerprint density at radius 3 is 2.21 bits per heavy atom. The lowest BCUT2D eigenvalue weighted by Crippen LogP contribution is -2.60. The highest BCUT2D eigenvalue weighted by Crippen LogP contribution is 2.63. The number of fused-ring (bicyclic) bond motifs is 1. The molecule has 38 heavy (non-hydrogen) atoms. The SMILES string of the molecule is [B]C1([B])N(c2cc(C(=O)Nc3ncc4ccc(-c5cncn5C)cc4n3)ccn2)C([B])([B])C([B])([B])C1([B])[B]. The maximum Gasteiger partial charge on any atom is 0.258 e. The van der Waals surface area contributed by atoms with E-state index < -0.39 is 27.0 Å². The summed E-state index contributed by atoms with van der Waals surface area (Å²) in [5, 5.41) is -5.15. The first kappa shape index (κ1) is 26.3. The number of rotatable bonds is 4. The molecule has 1 aliphatic rings. The Balaban J connectivity index is 1.45. The van der Waals surface area contributed by atoms with Gasteiger partial charge in [0, 0.05) is 36.0 Å². The van der Waals surface area contributed by atoms with Crippen LogP contribution in [0.2, 0.25) is 10.4 Å². The largest absolute Gasteiger partial charge is 0.382 e. The average Bonchev–Trinajstić information content (AvgIpc) is 3.31. The van der Waals surface area contributed by atoms with Crippen LogP contribution in [0.3, 0.4) is 0 Å². The van der Waals surface area contributed by atoms with Crippen molar-refractivity contribution in [1.82, 2.24) is 24.5 Å². The summed E-state index contributed by atoms with van der Waals surface area (Å²) in [5.74, 6) is -0.521. The van der Waals surface area contributed by atoms with Crippen LogP contribution in [0.1, 0.15) is 10.4 Å². The van der Waals surface area contributed by atoms with Crippen molar-refractivity contribution in [3.63, 3.8) is 0 Å². The van der Waals surface area contributed by atoms with Gasteiger partial charge in [-0.3, -0.25) is 10.1 Å². The lowest BCUT2D eigenvalue weighted by Gasteiger charge is -2.49. The average molecular weight is 478 g/mol. The highest BCUT2D eigenvalue weighted by atomic mass is 16.1. The third kappa shape index (κ3) is 3.75. The van der Waals surface area contributed by atoms with E-state index in [1.807, 2.05) is 29.8 Å². The van der Waals surface area contributed by atoms with Crippen molar-refractivity contribution in [3.8, 4) is 11.3 Å². The van der Waals surface area contributed by atoms with Gasteiger partial charge in [-0.15, -0.1) is 10.4 Å². The zero-order chi connectivity index (χ0) is 27.7. The monoisotopic (exact) mass is 479 g/mol. The lowest BCUT2D eigenvalue weighted by molar-refractivity contribution is 0.102. The minimum Gasteiger partial charge on any atom is -0.382 e. The molecule has 1 saturated heterocycles. The first-order valence-electron chi connectivity index (χ1n) is 11.3. The van der Waals surface area contributed by atoms with Crippen LogP contribution in [0, 0.1) is 0 Å². The third-order valence-electron chi connectivity index (χ3n) is 6.91. The maximum atomic E-state index is 13.1. The van der Waals surface area contributed by atoms with Crippen molar-refractivity contribution in [1.29, 1.82) is 0 Å². The Kier molecular flexibility index (Phi) is 5.97. The van der Waals surface area contributed by atoms with E-state index in [1.54, 1.807) is 18.7 Å². The van der Waals surface area contributed by atoms with E-state index in [-0.39, 0.29) is 17.3 Å². The van der Waals surface area contributed by atoms with Gasteiger partial charge in [-0.25, -0.2) is 19.9 Å². The number of anilines is 2. The topological polar surface area (TPSA) is 88.8 Å². The number of nitrogens with one attached hydrogen (secondary N) is 1. The summed E-state index contributed by atoms with van der Waals surface area (Å²) >= 11 is 0. The van der Waals surface area contributed by atoms with E-state index in [9.17, 15) is 4.79 Å². The van der Waals surface area contributed by atoms with Gasteiger partial charge in [0.25, 0.3) is 5.91 Å². The summed E-state index contributed by atoms with van der Waals surface area (Å²) < 4.78 is 1.89. The molecule has 0 atom stereocenters. The van der Waals surface area contributed by atoms with Crippen LogP contribution in [-0.2, 0) is 7.05 Å². The normalized spacial score (nSPS) is 18.8. The molecule has 0 unspecified atom stereocenters. The van der Waals surface area contributed by atoms with Crippen molar-refractivity contribution >= 4 is 91.3 Å². The molecule has 0 bridgehead atoms. The standard InChI is InChI=1S/C22H13B8N7O/c1-36-10-31-9-15(36)11-2-3-13-8-33-18(34-14(13)6-11)35-17(38)12-4-5-32-16(7-12)37-21(27,28)19(23,24)20(25,26)22(37,29)30/h2-10H,1H3,(H,33,34,35,38). The van der Waals surface area contributed by atoms with Gasteiger partial charge in [0.2, 0.25) is 5.95 Å². The van der Waals surface area contributed by atoms with Gasteiger partial charge in [0.05, 0.1) is 86.5 Å². The number of benzene rings is 1. The van der Waals surface area contributed by atoms with Crippen LogP contribution in [-0.4, -0.2) is 104 Å². The summed E-state index contributed by atoms with van der Waals surface area (Å²) in [6.07, 6.45) is 6.38. The van der Waals surface area contributed by atoms with Crippen molar-refractivity contribution in [2.45, 2.75) is 21.1 Å². The quantitative estimate of drug-likeness (QED) is 0.394. The zero-order valence-corrected chi connectivity index (χ0v) is 20.4. The number of imidazole rings is 1. The van der Waals surface area contributed by atoms with Crippen molar-refractivity contribution in [3.05, 3.63) is 60.8 Å². The van der Waals surface area contributed by atoms with Crippen LogP contribution in [0.4, 0.5) is 11.8 Å². The molecule has 1 fully saturated rings. The number of carbonyl (C=O) groups excluding carboxylic acids is 1. The molecule has 16 radical (unpaired) electrons. The predicted octanol–water partition coefficient (Wildman–Crippen LogP) is -0.614. The van der Waals surface area contributed by atoms with E-state index in [1.165, 1.54) is 18.3 Å². The molecule has 0 spiro atoms. The molecule has 0 aliphatic carbocycles. The van der Waals surface area contributed by atoms with E-state index >= 15 is 0 Å². The summed E-state index contributed by atoms with van der Waals surface area (Å²) in [4.78, 5) is 31.1. The minimum absolute atomic E-state index is 0.0362. The molecular formula is C22H13B8N7O. The number of amides is 1. The van der Waals surface area contributed by atoms with Crippen LogP contribution >= 0.6 is 0 Å². The molecule has 1 aromatic carbocycles. The first-order chi connectivity index (χ1) is 17.7. The van der Waals surface area contributed by atoms with Crippen LogP contribution < -0.4 is 10.2 Å². The van der Waals surface area contributed by atoms with Crippen LogP contribution in [0.15, 0.2) is 55.2 Å².